The number of hydrogen-bond donors (Lipinski definition) is 1. The second-order valence-corrected chi connectivity index (χ2v) is 3.52. The third-order valence-corrected chi connectivity index (χ3v) is 2.08. The second kappa shape index (κ2) is 4.96. The van der Waals surface area contributed by atoms with Crippen LogP contribution in [0.15, 0.2) is 12.1 Å². The van der Waals surface area contributed by atoms with Crippen LogP contribution in [-0.4, -0.2) is 6.10 Å². The molecule has 0 bridgehead atoms. The van der Waals surface area contributed by atoms with Gasteiger partial charge in [0.25, 0.3) is 0 Å². The Balaban J connectivity index is 2.84. The molecule has 2 nitrogen and oxygen atoms in total. The fourth-order valence-electron chi connectivity index (χ4n) is 1.34. The summed E-state index contributed by atoms with van der Waals surface area (Å²) in [7, 11) is 0. The summed E-state index contributed by atoms with van der Waals surface area (Å²) in [5.74, 6) is -1.39. The minimum Gasteiger partial charge on any atom is -0.488 e. The maximum Gasteiger partial charge on any atom is 0.152 e. The van der Waals surface area contributed by atoms with Crippen LogP contribution in [-0.2, 0) is 0 Å². The van der Waals surface area contributed by atoms with Crippen molar-refractivity contribution in [2.75, 3.05) is 5.73 Å². The zero-order valence-electron chi connectivity index (χ0n) is 8.89. The average molecular weight is 215 g/mol. The molecular formula is C11H15F2NO. The Morgan fingerprint density at radius 1 is 1.40 bits per heavy atom. The third-order valence-electron chi connectivity index (χ3n) is 2.08. The lowest BCUT2D eigenvalue weighted by Crippen LogP contribution is -2.13. The van der Waals surface area contributed by atoms with Crippen LogP contribution in [0.4, 0.5) is 14.5 Å². The van der Waals surface area contributed by atoms with E-state index >= 15 is 0 Å². The summed E-state index contributed by atoms with van der Waals surface area (Å²) in [6.07, 6.45) is 1.66. The molecule has 0 heterocycles. The van der Waals surface area contributed by atoms with Crippen molar-refractivity contribution >= 4 is 5.69 Å². The van der Waals surface area contributed by atoms with Gasteiger partial charge in [-0.2, -0.15) is 0 Å². The van der Waals surface area contributed by atoms with Gasteiger partial charge in [0, 0.05) is 12.1 Å². The van der Waals surface area contributed by atoms with Gasteiger partial charge in [0.1, 0.15) is 17.3 Å². The van der Waals surface area contributed by atoms with Crippen molar-refractivity contribution in [3.63, 3.8) is 0 Å². The summed E-state index contributed by atoms with van der Waals surface area (Å²) in [5.41, 5.74) is 5.29. The van der Waals surface area contributed by atoms with Crippen LogP contribution in [0.25, 0.3) is 0 Å². The minimum atomic E-state index is -0.784. The highest BCUT2D eigenvalue weighted by Gasteiger charge is 2.11. The molecule has 0 fully saturated rings. The third kappa shape index (κ3) is 3.08. The highest BCUT2D eigenvalue weighted by molar-refractivity contribution is 5.53. The van der Waals surface area contributed by atoms with Gasteiger partial charge in [-0.3, -0.25) is 0 Å². The fourth-order valence-corrected chi connectivity index (χ4v) is 1.34. The molecule has 4 heteroatoms. The first-order chi connectivity index (χ1) is 7.04. The monoisotopic (exact) mass is 215 g/mol. The Kier molecular flexibility index (Phi) is 3.88. The zero-order valence-corrected chi connectivity index (χ0v) is 8.89. The van der Waals surface area contributed by atoms with Gasteiger partial charge in [-0.25, -0.2) is 8.78 Å². The summed E-state index contributed by atoms with van der Waals surface area (Å²) < 4.78 is 31.2. The Morgan fingerprint density at radius 3 is 2.67 bits per heavy atom. The SMILES string of the molecule is CCCC(C)Oc1cc(F)cc(F)c1N. The van der Waals surface area contributed by atoms with Crippen molar-refractivity contribution in [1.82, 2.24) is 0 Å². The van der Waals surface area contributed by atoms with E-state index in [0.29, 0.717) is 0 Å². The van der Waals surface area contributed by atoms with E-state index in [1.54, 1.807) is 0 Å². The number of ether oxygens (including phenoxy) is 1. The lowest BCUT2D eigenvalue weighted by Gasteiger charge is -2.15. The second-order valence-electron chi connectivity index (χ2n) is 3.52. The fraction of sp³-hybridized carbons (Fsp3) is 0.455. The van der Waals surface area contributed by atoms with Crippen LogP contribution in [0.2, 0.25) is 0 Å². The van der Waals surface area contributed by atoms with Crippen LogP contribution < -0.4 is 10.5 Å². The molecule has 1 aromatic carbocycles. The number of nitrogens with two attached hydrogens (primary N) is 1. The van der Waals surface area contributed by atoms with Crippen LogP contribution in [0.5, 0.6) is 5.75 Å². The Bertz CT molecular complexity index is 342. The normalized spacial score (nSPS) is 12.5. The van der Waals surface area contributed by atoms with E-state index in [4.69, 9.17) is 10.5 Å². The number of benzene rings is 1. The molecule has 1 rings (SSSR count). The number of nitrogen functional groups attached to an aromatic ring is 1. The van der Waals surface area contributed by atoms with E-state index in [-0.39, 0.29) is 17.5 Å². The average Bonchev–Trinajstić information content (AvgIpc) is 2.13. The topological polar surface area (TPSA) is 35.2 Å². The minimum absolute atomic E-state index is 0.0773. The lowest BCUT2D eigenvalue weighted by molar-refractivity contribution is 0.209. The summed E-state index contributed by atoms with van der Waals surface area (Å²) in [6.45, 7) is 3.85. The molecule has 1 aromatic rings. The molecule has 0 aliphatic rings. The summed E-state index contributed by atoms with van der Waals surface area (Å²) in [4.78, 5) is 0. The van der Waals surface area contributed by atoms with Crippen LogP contribution >= 0.6 is 0 Å². The van der Waals surface area contributed by atoms with E-state index in [0.717, 1.165) is 25.0 Å². The van der Waals surface area contributed by atoms with Gasteiger partial charge in [-0.1, -0.05) is 13.3 Å². The summed E-state index contributed by atoms with van der Waals surface area (Å²) >= 11 is 0. The first-order valence-electron chi connectivity index (χ1n) is 4.95. The van der Waals surface area contributed by atoms with E-state index in [1.165, 1.54) is 0 Å². The predicted molar refractivity (Wildman–Crippen MR) is 55.8 cm³/mol. The van der Waals surface area contributed by atoms with E-state index in [9.17, 15) is 8.78 Å². The Labute approximate surface area is 88.0 Å². The van der Waals surface area contributed by atoms with Crippen molar-refractivity contribution < 1.29 is 13.5 Å². The molecule has 0 aliphatic carbocycles. The maximum atomic E-state index is 13.0. The first kappa shape index (κ1) is 11.8. The van der Waals surface area contributed by atoms with Crippen molar-refractivity contribution in [2.45, 2.75) is 32.8 Å². The molecular weight excluding hydrogens is 200 g/mol. The highest BCUT2D eigenvalue weighted by atomic mass is 19.1. The molecule has 1 unspecified atom stereocenters. The first-order valence-corrected chi connectivity index (χ1v) is 4.95. The molecule has 15 heavy (non-hydrogen) atoms. The molecule has 0 spiro atoms. The largest absolute Gasteiger partial charge is 0.488 e. The van der Waals surface area contributed by atoms with E-state index < -0.39 is 11.6 Å². The number of anilines is 1. The molecule has 2 N–H and O–H groups in total. The van der Waals surface area contributed by atoms with Crippen molar-refractivity contribution in [3.8, 4) is 5.75 Å². The predicted octanol–water partition coefficient (Wildman–Crippen LogP) is 3.11. The molecule has 0 aromatic heterocycles. The quantitative estimate of drug-likeness (QED) is 0.783. The molecule has 0 saturated carbocycles. The van der Waals surface area contributed by atoms with Crippen molar-refractivity contribution in [3.05, 3.63) is 23.8 Å². The molecule has 84 valence electrons. The van der Waals surface area contributed by atoms with Crippen LogP contribution in [0, 0.1) is 11.6 Å². The molecule has 0 aliphatic heterocycles. The molecule has 0 amide bonds. The highest BCUT2D eigenvalue weighted by Crippen LogP contribution is 2.27. The van der Waals surface area contributed by atoms with Gasteiger partial charge < -0.3 is 10.5 Å². The van der Waals surface area contributed by atoms with Crippen molar-refractivity contribution in [2.24, 2.45) is 0 Å². The van der Waals surface area contributed by atoms with Crippen LogP contribution in [0.1, 0.15) is 26.7 Å². The van der Waals surface area contributed by atoms with Crippen molar-refractivity contribution in [1.29, 1.82) is 0 Å². The van der Waals surface area contributed by atoms with E-state index in [1.807, 2.05) is 13.8 Å². The standard InChI is InChI=1S/C11H15F2NO/c1-3-4-7(2)15-10-6-8(12)5-9(13)11(10)14/h5-7H,3-4,14H2,1-2H3. The molecule has 0 saturated heterocycles. The smallest absolute Gasteiger partial charge is 0.152 e. The Hall–Kier alpha value is -1.32. The van der Waals surface area contributed by atoms with Gasteiger partial charge in [0.15, 0.2) is 5.82 Å². The number of halogens is 2. The Morgan fingerprint density at radius 2 is 2.07 bits per heavy atom. The summed E-state index contributed by atoms with van der Waals surface area (Å²) in [5, 5.41) is 0. The van der Waals surface area contributed by atoms with Crippen LogP contribution in [0.3, 0.4) is 0 Å². The molecule has 0 radical (unpaired) electrons. The van der Waals surface area contributed by atoms with Gasteiger partial charge in [0.05, 0.1) is 6.10 Å². The zero-order chi connectivity index (χ0) is 11.4. The van der Waals surface area contributed by atoms with Gasteiger partial charge in [-0.15, -0.1) is 0 Å². The number of rotatable bonds is 4. The lowest BCUT2D eigenvalue weighted by atomic mass is 10.2. The van der Waals surface area contributed by atoms with Gasteiger partial charge in [-0.05, 0) is 13.3 Å². The number of hydrogen-bond acceptors (Lipinski definition) is 2. The van der Waals surface area contributed by atoms with E-state index in [2.05, 4.69) is 0 Å². The molecule has 1 atom stereocenters. The van der Waals surface area contributed by atoms with Gasteiger partial charge in [0.2, 0.25) is 0 Å². The summed E-state index contributed by atoms with van der Waals surface area (Å²) in [6, 6.07) is 1.84. The van der Waals surface area contributed by atoms with Gasteiger partial charge >= 0.3 is 0 Å². The maximum absolute atomic E-state index is 13.0.